The highest BCUT2D eigenvalue weighted by Crippen LogP contribution is 2.27. The molecule has 0 atom stereocenters. The number of carbonyl (C=O) groups excluding carboxylic acids is 1. The van der Waals surface area contributed by atoms with Crippen molar-refractivity contribution in [2.45, 2.75) is 0 Å². The van der Waals surface area contributed by atoms with Crippen LogP contribution >= 0.6 is 0 Å². The molecule has 0 fully saturated rings. The zero-order chi connectivity index (χ0) is 13.1. The van der Waals surface area contributed by atoms with E-state index in [1.54, 1.807) is 0 Å². The average Bonchev–Trinajstić information content (AvgIpc) is 2.85. The lowest BCUT2D eigenvalue weighted by Gasteiger charge is -2.07. The molecular formula is C10H8N4O4. The summed E-state index contributed by atoms with van der Waals surface area (Å²) in [5.74, 6) is -2.41. The summed E-state index contributed by atoms with van der Waals surface area (Å²) in [5, 5.41) is 30.1. The Morgan fingerprint density at radius 1 is 1.33 bits per heavy atom. The number of hydrogen-bond acceptors (Lipinski definition) is 5. The molecule has 0 radical (unpaired) electrons. The van der Waals surface area contributed by atoms with Crippen molar-refractivity contribution in [2.24, 2.45) is 0 Å². The van der Waals surface area contributed by atoms with Crippen LogP contribution in [0.5, 0.6) is 5.75 Å². The van der Waals surface area contributed by atoms with Crippen molar-refractivity contribution in [3.05, 3.63) is 35.7 Å². The largest absolute Gasteiger partial charge is 0.505 e. The van der Waals surface area contributed by atoms with Crippen LogP contribution in [-0.2, 0) is 0 Å². The first-order chi connectivity index (χ1) is 8.59. The van der Waals surface area contributed by atoms with Crippen molar-refractivity contribution < 1.29 is 19.8 Å². The predicted molar refractivity (Wildman–Crippen MR) is 59.4 cm³/mol. The van der Waals surface area contributed by atoms with Crippen LogP contribution in [0.2, 0.25) is 0 Å². The number of rotatable bonds is 3. The van der Waals surface area contributed by atoms with Crippen LogP contribution in [-0.4, -0.2) is 37.5 Å². The van der Waals surface area contributed by atoms with Crippen molar-refractivity contribution in [3.63, 3.8) is 0 Å². The molecule has 4 N–H and O–H groups in total. The number of nitrogens with one attached hydrogen (secondary N) is 2. The molecule has 0 bridgehead atoms. The SMILES string of the molecule is O=C(Nc1cccc(C(=O)O)c1O)c1cn[nH]n1. The minimum absolute atomic E-state index is 0.0112. The average molecular weight is 248 g/mol. The molecule has 8 nitrogen and oxygen atoms in total. The first-order valence-electron chi connectivity index (χ1n) is 4.82. The first-order valence-corrected chi connectivity index (χ1v) is 4.82. The van der Waals surface area contributed by atoms with Gasteiger partial charge in [0.15, 0.2) is 11.4 Å². The van der Waals surface area contributed by atoms with Gasteiger partial charge in [-0.1, -0.05) is 6.07 Å². The molecule has 0 unspecified atom stereocenters. The number of nitrogens with zero attached hydrogens (tertiary/aromatic N) is 2. The van der Waals surface area contributed by atoms with E-state index in [4.69, 9.17) is 5.11 Å². The van der Waals surface area contributed by atoms with Crippen molar-refractivity contribution in [1.82, 2.24) is 15.4 Å². The molecule has 0 spiro atoms. The van der Waals surface area contributed by atoms with Gasteiger partial charge in [-0.05, 0) is 12.1 Å². The lowest BCUT2D eigenvalue weighted by atomic mass is 10.1. The molecule has 1 heterocycles. The number of phenols is 1. The van der Waals surface area contributed by atoms with E-state index in [2.05, 4.69) is 20.7 Å². The zero-order valence-corrected chi connectivity index (χ0v) is 8.91. The number of carboxylic acids is 1. The summed E-state index contributed by atoms with van der Waals surface area (Å²) in [5.41, 5.74) is -0.286. The maximum Gasteiger partial charge on any atom is 0.339 e. The lowest BCUT2D eigenvalue weighted by molar-refractivity contribution is 0.0693. The monoisotopic (exact) mass is 248 g/mol. The molecule has 8 heteroatoms. The zero-order valence-electron chi connectivity index (χ0n) is 8.91. The topological polar surface area (TPSA) is 128 Å². The number of aromatic amines is 1. The number of anilines is 1. The van der Waals surface area contributed by atoms with Crippen molar-refractivity contribution in [2.75, 3.05) is 5.32 Å². The summed E-state index contributed by atoms with van der Waals surface area (Å²) >= 11 is 0. The van der Waals surface area contributed by atoms with Gasteiger partial charge in [-0.3, -0.25) is 4.79 Å². The number of aromatic hydroxyl groups is 1. The fourth-order valence-corrected chi connectivity index (χ4v) is 1.31. The number of aromatic nitrogens is 3. The van der Waals surface area contributed by atoms with E-state index in [9.17, 15) is 14.7 Å². The maximum absolute atomic E-state index is 11.6. The van der Waals surface area contributed by atoms with Gasteiger partial charge in [0.2, 0.25) is 0 Å². The number of amides is 1. The summed E-state index contributed by atoms with van der Waals surface area (Å²) in [6.45, 7) is 0. The van der Waals surface area contributed by atoms with Gasteiger partial charge in [0.1, 0.15) is 5.56 Å². The maximum atomic E-state index is 11.6. The molecule has 0 saturated carbocycles. The van der Waals surface area contributed by atoms with Gasteiger partial charge >= 0.3 is 5.97 Å². The second kappa shape index (κ2) is 4.53. The van der Waals surface area contributed by atoms with E-state index < -0.39 is 17.6 Å². The van der Waals surface area contributed by atoms with Crippen LogP contribution < -0.4 is 5.32 Å². The quantitative estimate of drug-likeness (QED) is 0.584. The Morgan fingerprint density at radius 3 is 2.72 bits per heavy atom. The summed E-state index contributed by atoms with van der Waals surface area (Å²) in [6, 6.07) is 4.00. The van der Waals surface area contributed by atoms with E-state index in [-0.39, 0.29) is 16.9 Å². The van der Waals surface area contributed by atoms with Crippen LogP contribution in [0.25, 0.3) is 0 Å². The van der Waals surface area contributed by atoms with Crippen molar-refractivity contribution >= 4 is 17.6 Å². The van der Waals surface area contributed by atoms with Gasteiger partial charge in [0.05, 0.1) is 11.9 Å². The molecule has 1 aromatic heterocycles. The molecule has 2 aromatic rings. The fraction of sp³-hybridized carbons (Fsp3) is 0. The summed E-state index contributed by atoms with van der Waals surface area (Å²) in [6.07, 6.45) is 1.20. The second-order valence-corrected chi connectivity index (χ2v) is 3.32. The number of aromatic carboxylic acids is 1. The summed E-state index contributed by atoms with van der Waals surface area (Å²) < 4.78 is 0. The molecule has 1 amide bonds. The molecular weight excluding hydrogens is 240 g/mol. The highest BCUT2D eigenvalue weighted by molar-refractivity contribution is 6.04. The Bertz CT molecular complexity index is 594. The molecule has 0 saturated heterocycles. The molecule has 1 aromatic carbocycles. The van der Waals surface area contributed by atoms with Gasteiger partial charge in [-0.2, -0.15) is 15.4 Å². The van der Waals surface area contributed by atoms with Crippen molar-refractivity contribution in [1.29, 1.82) is 0 Å². The molecule has 0 aliphatic carbocycles. The summed E-state index contributed by atoms with van der Waals surface area (Å²) in [4.78, 5) is 22.4. The number of carbonyl (C=O) groups is 2. The molecule has 0 aliphatic heterocycles. The van der Waals surface area contributed by atoms with Crippen LogP contribution in [0.15, 0.2) is 24.4 Å². The molecule has 2 rings (SSSR count). The predicted octanol–water partition coefficient (Wildman–Crippen LogP) is 0.461. The van der Waals surface area contributed by atoms with Gasteiger partial charge < -0.3 is 15.5 Å². The normalized spacial score (nSPS) is 10.0. The highest BCUT2D eigenvalue weighted by atomic mass is 16.4. The standard InChI is InChI=1S/C10H8N4O4/c15-8-5(10(17)18)2-1-3-6(8)12-9(16)7-4-11-14-13-7/h1-4,15H,(H,12,16)(H,17,18)(H,11,13,14). The van der Waals surface area contributed by atoms with Crippen LogP contribution in [0.1, 0.15) is 20.8 Å². The highest BCUT2D eigenvalue weighted by Gasteiger charge is 2.16. The number of hydrogen-bond donors (Lipinski definition) is 4. The minimum atomic E-state index is -1.29. The van der Waals surface area contributed by atoms with Crippen LogP contribution in [0, 0.1) is 0 Å². The molecule has 92 valence electrons. The van der Waals surface area contributed by atoms with E-state index in [1.165, 1.54) is 24.4 Å². The number of benzene rings is 1. The van der Waals surface area contributed by atoms with E-state index in [1.807, 2.05) is 0 Å². The summed E-state index contributed by atoms with van der Waals surface area (Å²) in [7, 11) is 0. The Hall–Kier alpha value is -2.90. The van der Waals surface area contributed by atoms with Crippen LogP contribution in [0.3, 0.4) is 0 Å². The van der Waals surface area contributed by atoms with Gasteiger partial charge in [0, 0.05) is 0 Å². The Labute approximate surface area is 100 Å². The van der Waals surface area contributed by atoms with Gasteiger partial charge in [-0.15, -0.1) is 0 Å². The molecule has 0 aliphatic rings. The van der Waals surface area contributed by atoms with E-state index >= 15 is 0 Å². The Kier molecular flexibility index (Phi) is 2.92. The number of para-hydroxylation sites is 1. The Balaban J connectivity index is 2.27. The van der Waals surface area contributed by atoms with E-state index in [0.29, 0.717) is 0 Å². The van der Waals surface area contributed by atoms with Crippen LogP contribution in [0.4, 0.5) is 5.69 Å². The number of carboxylic acid groups (broad SMARTS) is 1. The lowest BCUT2D eigenvalue weighted by Crippen LogP contribution is -2.13. The third-order valence-electron chi connectivity index (χ3n) is 2.16. The molecule has 18 heavy (non-hydrogen) atoms. The first kappa shape index (κ1) is 11.6. The fourth-order valence-electron chi connectivity index (χ4n) is 1.31. The van der Waals surface area contributed by atoms with E-state index in [0.717, 1.165) is 0 Å². The second-order valence-electron chi connectivity index (χ2n) is 3.32. The number of H-pyrrole nitrogens is 1. The van der Waals surface area contributed by atoms with Gasteiger partial charge in [0.25, 0.3) is 5.91 Å². The minimum Gasteiger partial charge on any atom is -0.505 e. The third kappa shape index (κ3) is 2.12. The third-order valence-corrected chi connectivity index (χ3v) is 2.16. The van der Waals surface area contributed by atoms with Crippen molar-refractivity contribution in [3.8, 4) is 5.75 Å². The van der Waals surface area contributed by atoms with Gasteiger partial charge in [-0.25, -0.2) is 4.79 Å². The smallest absolute Gasteiger partial charge is 0.339 e. The Morgan fingerprint density at radius 2 is 2.11 bits per heavy atom.